The number of carboxylic acids is 1. The minimum Gasteiger partial charge on any atom is -0.481 e. The summed E-state index contributed by atoms with van der Waals surface area (Å²) in [4.78, 5) is 21.1. The van der Waals surface area contributed by atoms with Gasteiger partial charge in [0.25, 0.3) is 10.0 Å². The second-order valence-electron chi connectivity index (χ2n) is 3.80. The molecule has 1 rings (SSSR count). The first-order valence-electron chi connectivity index (χ1n) is 5.64. The summed E-state index contributed by atoms with van der Waals surface area (Å²) in [6, 6.07) is 0. The summed E-state index contributed by atoms with van der Waals surface area (Å²) in [5.74, 6) is -1.29. The van der Waals surface area contributed by atoms with Crippen molar-refractivity contribution in [3.05, 3.63) is 0 Å². The van der Waals surface area contributed by atoms with Crippen molar-refractivity contribution in [3.63, 3.8) is 0 Å². The van der Waals surface area contributed by atoms with Crippen molar-refractivity contribution in [2.24, 2.45) is 0 Å². The van der Waals surface area contributed by atoms with Gasteiger partial charge in [-0.2, -0.15) is 0 Å². The fraction of sp³-hybridized carbons (Fsp3) is 0.556. The Bertz CT molecular complexity index is 583. The van der Waals surface area contributed by atoms with Gasteiger partial charge in [0.15, 0.2) is 0 Å². The first-order valence-corrected chi connectivity index (χ1v) is 7.94. The molecule has 1 heterocycles. The standard InChI is InChI=1S/C9H14N4O5S2/c1-6(14)11-8-12-13-9(19-8)20(17,18)10-5-3-2-4-7(15)16/h10H,2-5H2,1H3,(H,15,16)(H,11,12,14). The number of nitrogens with one attached hydrogen (secondary N) is 2. The molecule has 1 aromatic heterocycles. The van der Waals surface area contributed by atoms with Gasteiger partial charge in [-0.1, -0.05) is 11.3 Å². The van der Waals surface area contributed by atoms with E-state index in [4.69, 9.17) is 5.11 Å². The maximum Gasteiger partial charge on any atom is 0.303 e. The van der Waals surface area contributed by atoms with Gasteiger partial charge < -0.3 is 10.4 Å². The number of hydrogen-bond acceptors (Lipinski definition) is 7. The highest BCUT2D eigenvalue weighted by atomic mass is 32.2. The Morgan fingerprint density at radius 1 is 1.30 bits per heavy atom. The van der Waals surface area contributed by atoms with Gasteiger partial charge in [-0.3, -0.25) is 9.59 Å². The number of carbonyl (C=O) groups is 2. The van der Waals surface area contributed by atoms with Crippen LogP contribution in [0.5, 0.6) is 0 Å². The molecular weight excluding hydrogens is 308 g/mol. The summed E-state index contributed by atoms with van der Waals surface area (Å²) < 4.78 is 25.6. The Kier molecular flexibility index (Phi) is 5.98. The van der Waals surface area contributed by atoms with Crippen molar-refractivity contribution >= 4 is 38.4 Å². The first-order chi connectivity index (χ1) is 9.31. The molecule has 0 aliphatic rings. The van der Waals surface area contributed by atoms with E-state index in [2.05, 4.69) is 20.2 Å². The molecule has 3 N–H and O–H groups in total. The van der Waals surface area contributed by atoms with Crippen LogP contribution >= 0.6 is 11.3 Å². The van der Waals surface area contributed by atoms with Crippen molar-refractivity contribution in [2.45, 2.75) is 30.5 Å². The number of nitrogens with zero attached hydrogens (tertiary/aromatic N) is 2. The molecule has 0 bridgehead atoms. The summed E-state index contributed by atoms with van der Waals surface area (Å²) >= 11 is 0.738. The number of carboxylic acid groups (broad SMARTS) is 1. The molecule has 0 spiro atoms. The van der Waals surface area contributed by atoms with E-state index in [9.17, 15) is 18.0 Å². The van der Waals surface area contributed by atoms with Gasteiger partial charge in [0.05, 0.1) is 0 Å². The average Bonchev–Trinajstić information content (AvgIpc) is 2.76. The molecule has 0 aliphatic heterocycles. The molecule has 1 amide bonds. The lowest BCUT2D eigenvalue weighted by atomic mass is 10.2. The molecule has 20 heavy (non-hydrogen) atoms. The molecule has 0 aliphatic carbocycles. The third-order valence-corrected chi connectivity index (χ3v) is 4.70. The smallest absolute Gasteiger partial charge is 0.303 e. The van der Waals surface area contributed by atoms with Gasteiger partial charge in [0.2, 0.25) is 15.4 Å². The Hall–Kier alpha value is -1.59. The summed E-state index contributed by atoms with van der Waals surface area (Å²) in [6.07, 6.45) is 0.779. The number of sulfonamides is 1. The molecule has 1 aromatic rings. The quantitative estimate of drug-likeness (QED) is 0.453. The van der Waals surface area contributed by atoms with Crippen molar-refractivity contribution in [2.75, 3.05) is 11.9 Å². The average molecular weight is 322 g/mol. The van der Waals surface area contributed by atoms with Crippen LogP contribution in [-0.4, -0.2) is 42.1 Å². The van der Waals surface area contributed by atoms with E-state index < -0.39 is 16.0 Å². The molecule has 0 fully saturated rings. The Labute approximate surface area is 119 Å². The van der Waals surface area contributed by atoms with Gasteiger partial charge in [0.1, 0.15) is 0 Å². The van der Waals surface area contributed by atoms with Crippen LogP contribution in [0.25, 0.3) is 0 Å². The van der Waals surface area contributed by atoms with Gasteiger partial charge in [-0.05, 0) is 12.8 Å². The van der Waals surface area contributed by atoms with Crippen LogP contribution in [-0.2, 0) is 19.6 Å². The minimum atomic E-state index is -3.78. The van der Waals surface area contributed by atoms with Crippen molar-refractivity contribution in [1.29, 1.82) is 0 Å². The SMILES string of the molecule is CC(=O)Nc1nnc(S(=O)(=O)NCCCCC(=O)O)s1. The highest BCUT2D eigenvalue weighted by molar-refractivity contribution is 7.91. The third kappa shape index (κ3) is 5.59. The Morgan fingerprint density at radius 3 is 2.60 bits per heavy atom. The van der Waals surface area contributed by atoms with E-state index in [0.29, 0.717) is 12.8 Å². The molecule has 112 valence electrons. The highest BCUT2D eigenvalue weighted by Gasteiger charge is 2.19. The molecule has 11 heteroatoms. The number of carbonyl (C=O) groups excluding carboxylic acids is 1. The maximum atomic E-state index is 11.8. The normalized spacial score (nSPS) is 11.2. The number of aromatic nitrogens is 2. The van der Waals surface area contributed by atoms with Crippen LogP contribution in [0.3, 0.4) is 0 Å². The molecule has 0 saturated carbocycles. The molecule has 0 unspecified atom stereocenters. The van der Waals surface area contributed by atoms with E-state index >= 15 is 0 Å². The Morgan fingerprint density at radius 2 is 2.00 bits per heavy atom. The summed E-state index contributed by atoms with van der Waals surface area (Å²) in [5, 5.41) is 17.9. The van der Waals surface area contributed by atoms with Gasteiger partial charge in [0, 0.05) is 19.9 Å². The van der Waals surface area contributed by atoms with Crippen LogP contribution in [0.15, 0.2) is 4.34 Å². The molecule has 0 radical (unpaired) electrons. The number of amides is 1. The zero-order valence-corrected chi connectivity index (χ0v) is 12.3. The van der Waals surface area contributed by atoms with Crippen molar-refractivity contribution in [3.8, 4) is 0 Å². The van der Waals surface area contributed by atoms with E-state index in [1.165, 1.54) is 6.92 Å². The summed E-state index contributed by atoms with van der Waals surface area (Å²) in [5.41, 5.74) is 0. The Balaban J connectivity index is 2.49. The fourth-order valence-electron chi connectivity index (χ4n) is 1.19. The predicted octanol–water partition coefficient (Wildman–Crippen LogP) is 0.0297. The van der Waals surface area contributed by atoms with Crippen LogP contribution in [0.4, 0.5) is 5.13 Å². The van der Waals surface area contributed by atoms with Crippen LogP contribution < -0.4 is 10.0 Å². The van der Waals surface area contributed by atoms with E-state index in [-0.39, 0.29) is 28.3 Å². The topological polar surface area (TPSA) is 138 Å². The molecule has 0 aromatic carbocycles. The number of rotatable bonds is 8. The van der Waals surface area contributed by atoms with E-state index in [0.717, 1.165) is 11.3 Å². The fourth-order valence-corrected chi connectivity index (χ4v) is 3.25. The van der Waals surface area contributed by atoms with E-state index in [1.54, 1.807) is 0 Å². The number of aliphatic carboxylic acids is 1. The molecule has 0 atom stereocenters. The lowest BCUT2D eigenvalue weighted by molar-refractivity contribution is -0.137. The zero-order valence-electron chi connectivity index (χ0n) is 10.6. The molecule has 0 saturated heterocycles. The zero-order chi connectivity index (χ0) is 15.2. The maximum absolute atomic E-state index is 11.8. The largest absolute Gasteiger partial charge is 0.481 e. The molecular formula is C9H14N4O5S2. The number of hydrogen-bond donors (Lipinski definition) is 3. The lowest BCUT2D eigenvalue weighted by Crippen LogP contribution is -2.24. The lowest BCUT2D eigenvalue weighted by Gasteiger charge is -2.02. The monoisotopic (exact) mass is 322 g/mol. The number of anilines is 1. The van der Waals surface area contributed by atoms with Crippen molar-refractivity contribution < 1.29 is 23.1 Å². The summed E-state index contributed by atoms with van der Waals surface area (Å²) in [6.45, 7) is 1.39. The van der Waals surface area contributed by atoms with Gasteiger partial charge in [-0.15, -0.1) is 10.2 Å². The van der Waals surface area contributed by atoms with Crippen molar-refractivity contribution in [1.82, 2.24) is 14.9 Å². The van der Waals surface area contributed by atoms with E-state index in [1.807, 2.05) is 0 Å². The first kappa shape index (κ1) is 16.5. The number of unbranched alkanes of at least 4 members (excludes halogenated alkanes) is 1. The predicted molar refractivity (Wildman–Crippen MR) is 70.9 cm³/mol. The third-order valence-electron chi connectivity index (χ3n) is 2.03. The highest BCUT2D eigenvalue weighted by Crippen LogP contribution is 2.19. The minimum absolute atomic E-state index is 0.00673. The summed E-state index contributed by atoms with van der Waals surface area (Å²) in [7, 11) is -3.78. The van der Waals surface area contributed by atoms with Crippen LogP contribution in [0, 0.1) is 0 Å². The van der Waals surface area contributed by atoms with Crippen LogP contribution in [0.1, 0.15) is 26.2 Å². The van der Waals surface area contributed by atoms with Gasteiger partial charge in [-0.25, -0.2) is 13.1 Å². The van der Waals surface area contributed by atoms with Gasteiger partial charge >= 0.3 is 5.97 Å². The molecule has 9 nitrogen and oxygen atoms in total. The second kappa shape index (κ2) is 7.26. The second-order valence-corrected chi connectivity index (χ2v) is 6.72. The van der Waals surface area contributed by atoms with Crippen LogP contribution in [0.2, 0.25) is 0 Å².